The van der Waals surface area contributed by atoms with Crippen molar-refractivity contribution in [2.24, 2.45) is 5.41 Å². The van der Waals surface area contributed by atoms with Gasteiger partial charge in [-0.15, -0.1) is 0 Å². The SMILES string of the molecule is CCc1cc(=O)[nH]c(-n2nc(C)cc2NC(=O)CC(C)(C)C)n1. The monoisotopic (exact) mass is 317 g/mol. The molecule has 7 nitrogen and oxygen atoms in total. The zero-order valence-corrected chi connectivity index (χ0v) is 14.2. The smallest absolute Gasteiger partial charge is 0.252 e. The van der Waals surface area contributed by atoms with Gasteiger partial charge in [-0.3, -0.25) is 14.6 Å². The van der Waals surface area contributed by atoms with Crippen molar-refractivity contribution in [2.45, 2.75) is 47.5 Å². The summed E-state index contributed by atoms with van der Waals surface area (Å²) in [5.74, 6) is 0.689. The number of carbonyl (C=O) groups is 1. The number of hydrogen-bond donors (Lipinski definition) is 2. The predicted molar refractivity (Wildman–Crippen MR) is 88.8 cm³/mol. The van der Waals surface area contributed by atoms with E-state index in [2.05, 4.69) is 20.4 Å². The van der Waals surface area contributed by atoms with Crippen LogP contribution in [0.3, 0.4) is 0 Å². The van der Waals surface area contributed by atoms with Crippen molar-refractivity contribution in [2.75, 3.05) is 5.32 Å². The number of amides is 1. The zero-order valence-electron chi connectivity index (χ0n) is 14.2. The Morgan fingerprint density at radius 2 is 2.04 bits per heavy atom. The molecule has 124 valence electrons. The van der Waals surface area contributed by atoms with Gasteiger partial charge in [-0.2, -0.15) is 9.78 Å². The predicted octanol–water partition coefficient (Wildman–Crippen LogP) is 2.20. The second-order valence-electron chi connectivity index (χ2n) is 6.78. The standard InChI is InChI=1S/C16H23N5O2/c1-6-11-8-13(22)19-15(17-11)21-12(7-10(2)20-21)18-14(23)9-16(3,4)5/h7-8H,6,9H2,1-5H3,(H,18,23)(H,17,19,22). The van der Waals surface area contributed by atoms with Gasteiger partial charge in [-0.25, -0.2) is 4.98 Å². The quantitative estimate of drug-likeness (QED) is 0.904. The van der Waals surface area contributed by atoms with Gasteiger partial charge in [-0.1, -0.05) is 27.7 Å². The molecule has 23 heavy (non-hydrogen) atoms. The van der Waals surface area contributed by atoms with E-state index < -0.39 is 0 Å². The Morgan fingerprint density at radius 1 is 1.35 bits per heavy atom. The van der Waals surface area contributed by atoms with Gasteiger partial charge in [0.1, 0.15) is 5.82 Å². The van der Waals surface area contributed by atoms with Crippen molar-refractivity contribution < 1.29 is 4.79 Å². The van der Waals surface area contributed by atoms with E-state index in [0.717, 1.165) is 5.69 Å². The van der Waals surface area contributed by atoms with E-state index in [1.807, 2.05) is 34.6 Å². The van der Waals surface area contributed by atoms with E-state index in [4.69, 9.17) is 0 Å². The van der Waals surface area contributed by atoms with E-state index in [0.29, 0.717) is 30.3 Å². The molecular formula is C16H23N5O2. The fourth-order valence-corrected chi connectivity index (χ4v) is 2.19. The topological polar surface area (TPSA) is 92.7 Å². The van der Waals surface area contributed by atoms with Gasteiger partial charge in [0.15, 0.2) is 0 Å². The Morgan fingerprint density at radius 3 is 2.65 bits per heavy atom. The molecule has 0 aliphatic heterocycles. The zero-order chi connectivity index (χ0) is 17.2. The van der Waals surface area contributed by atoms with Gasteiger partial charge < -0.3 is 5.32 Å². The third-order valence-corrected chi connectivity index (χ3v) is 3.13. The third-order valence-electron chi connectivity index (χ3n) is 3.13. The molecule has 2 heterocycles. The highest BCUT2D eigenvalue weighted by Crippen LogP contribution is 2.20. The largest absolute Gasteiger partial charge is 0.310 e. The Hall–Kier alpha value is -2.44. The van der Waals surface area contributed by atoms with Crippen LogP contribution in [-0.2, 0) is 11.2 Å². The van der Waals surface area contributed by atoms with Crippen molar-refractivity contribution in [3.63, 3.8) is 0 Å². The first-order chi connectivity index (χ1) is 10.7. The lowest BCUT2D eigenvalue weighted by molar-refractivity contribution is -0.117. The van der Waals surface area contributed by atoms with Gasteiger partial charge in [0, 0.05) is 24.2 Å². The van der Waals surface area contributed by atoms with Crippen LogP contribution in [0, 0.1) is 12.3 Å². The highest BCUT2D eigenvalue weighted by atomic mass is 16.1. The summed E-state index contributed by atoms with van der Waals surface area (Å²) in [6, 6.07) is 3.21. The van der Waals surface area contributed by atoms with Crippen molar-refractivity contribution in [3.8, 4) is 5.95 Å². The number of aromatic nitrogens is 4. The molecule has 1 amide bonds. The lowest BCUT2D eigenvalue weighted by Gasteiger charge is -2.17. The molecule has 0 unspecified atom stereocenters. The normalized spacial score (nSPS) is 11.5. The summed E-state index contributed by atoms with van der Waals surface area (Å²) in [4.78, 5) is 30.9. The minimum Gasteiger partial charge on any atom is -0.310 e. The van der Waals surface area contributed by atoms with Crippen LogP contribution in [-0.4, -0.2) is 25.7 Å². The number of rotatable bonds is 4. The maximum atomic E-state index is 12.2. The molecule has 0 radical (unpaired) electrons. The Balaban J connectivity index is 2.36. The molecule has 0 aromatic carbocycles. The molecule has 2 aromatic heterocycles. The fourth-order valence-electron chi connectivity index (χ4n) is 2.19. The maximum Gasteiger partial charge on any atom is 0.252 e. The minimum absolute atomic E-state index is 0.104. The highest BCUT2D eigenvalue weighted by molar-refractivity contribution is 5.90. The van der Waals surface area contributed by atoms with Crippen LogP contribution in [0.4, 0.5) is 5.82 Å². The number of aromatic amines is 1. The van der Waals surface area contributed by atoms with Crippen LogP contribution in [0.5, 0.6) is 0 Å². The summed E-state index contributed by atoms with van der Waals surface area (Å²) in [6.07, 6.45) is 1.03. The molecule has 0 saturated heterocycles. The summed E-state index contributed by atoms with van der Waals surface area (Å²) >= 11 is 0. The molecule has 0 saturated carbocycles. The summed E-state index contributed by atoms with van der Waals surface area (Å²) in [7, 11) is 0. The van der Waals surface area contributed by atoms with Gasteiger partial charge >= 0.3 is 0 Å². The Kier molecular flexibility index (Phi) is 4.68. The summed E-state index contributed by atoms with van der Waals surface area (Å²) < 4.78 is 1.45. The molecule has 0 bridgehead atoms. The molecule has 2 aromatic rings. The van der Waals surface area contributed by atoms with Crippen LogP contribution in [0.25, 0.3) is 5.95 Å². The number of aryl methyl sites for hydroxylation is 2. The van der Waals surface area contributed by atoms with Crippen LogP contribution in [0.2, 0.25) is 0 Å². The molecule has 2 N–H and O–H groups in total. The minimum atomic E-state index is -0.244. The number of anilines is 1. The number of nitrogens with zero attached hydrogens (tertiary/aromatic N) is 3. The average molecular weight is 317 g/mol. The van der Waals surface area contributed by atoms with Crippen molar-refractivity contribution in [3.05, 3.63) is 33.9 Å². The number of hydrogen-bond acceptors (Lipinski definition) is 4. The molecule has 0 spiro atoms. The molecule has 7 heteroatoms. The van der Waals surface area contributed by atoms with Gasteiger partial charge in [-0.05, 0) is 18.8 Å². The average Bonchev–Trinajstić information content (AvgIpc) is 2.76. The van der Waals surface area contributed by atoms with Gasteiger partial charge in [0.2, 0.25) is 11.9 Å². The van der Waals surface area contributed by atoms with Crippen LogP contribution in [0.1, 0.15) is 45.5 Å². The van der Waals surface area contributed by atoms with Crippen molar-refractivity contribution in [1.29, 1.82) is 0 Å². The molecule has 0 fully saturated rings. The molecule has 0 atom stereocenters. The lowest BCUT2D eigenvalue weighted by atomic mass is 9.92. The highest BCUT2D eigenvalue weighted by Gasteiger charge is 2.18. The van der Waals surface area contributed by atoms with Crippen LogP contribution < -0.4 is 10.9 Å². The third kappa shape index (κ3) is 4.51. The first-order valence-corrected chi connectivity index (χ1v) is 7.65. The van der Waals surface area contributed by atoms with Gasteiger partial charge in [0.05, 0.1) is 5.69 Å². The fraction of sp³-hybridized carbons (Fsp3) is 0.500. The van der Waals surface area contributed by atoms with Crippen molar-refractivity contribution >= 4 is 11.7 Å². The Labute approximate surface area is 135 Å². The van der Waals surface area contributed by atoms with E-state index in [1.165, 1.54) is 10.7 Å². The first-order valence-electron chi connectivity index (χ1n) is 7.65. The Bertz CT molecular complexity index is 768. The first kappa shape index (κ1) is 16.9. The molecule has 0 aliphatic rings. The van der Waals surface area contributed by atoms with Crippen molar-refractivity contribution in [1.82, 2.24) is 19.7 Å². The summed E-state index contributed by atoms with van der Waals surface area (Å²) in [6.45, 7) is 9.74. The molecular weight excluding hydrogens is 294 g/mol. The number of carbonyl (C=O) groups excluding carboxylic acids is 1. The summed E-state index contributed by atoms with van der Waals surface area (Å²) in [5.41, 5.74) is 1.04. The molecule has 0 aliphatic carbocycles. The van der Waals surface area contributed by atoms with E-state index >= 15 is 0 Å². The number of H-pyrrole nitrogens is 1. The molecule has 2 rings (SSSR count). The van der Waals surface area contributed by atoms with Crippen LogP contribution >= 0.6 is 0 Å². The summed E-state index contributed by atoms with van der Waals surface area (Å²) in [5, 5.41) is 7.16. The van der Waals surface area contributed by atoms with E-state index in [-0.39, 0.29) is 16.9 Å². The number of nitrogens with one attached hydrogen (secondary N) is 2. The second kappa shape index (κ2) is 6.36. The van der Waals surface area contributed by atoms with Gasteiger partial charge in [0.25, 0.3) is 5.56 Å². The van der Waals surface area contributed by atoms with E-state index in [9.17, 15) is 9.59 Å². The van der Waals surface area contributed by atoms with E-state index in [1.54, 1.807) is 6.07 Å². The lowest BCUT2D eigenvalue weighted by Crippen LogP contribution is -2.22. The second-order valence-corrected chi connectivity index (χ2v) is 6.78. The maximum absolute atomic E-state index is 12.2. The van der Waals surface area contributed by atoms with Crippen LogP contribution in [0.15, 0.2) is 16.9 Å².